The lowest BCUT2D eigenvalue weighted by Gasteiger charge is -2.12. The summed E-state index contributed by atoms with van der Waals surface area (Å²) in [4.78, 5) is 11.8. The third-order valence-corrected chi connectivity index (χ3v) is 2.57. The summed E-state index contributed by atoms with van der Waals surface area (Å²) in [5.74, 6) is 1.25. The van der Waals surface area contributed by atoms with Crippen molar-refractivity contribution in [2.45, 2.75) is 12.8 Å². The Labute approximate surface area is 107 Å². The first-order chi connectivity index (χ1) is 8.72. The molecule has 0 aliphatic carbocycles. The number of carbonyl (C=O) groups is 1. The molecule has 3 N–H and O–H groups in total. The van der Waals surface area contributed by atoms with Crippen LogP contribution < -0.4 is 20.5 Å². The van der Waals surface area contributed by atoms with Gasteiger partial charge in [0.05, 0.1) is 20.6 Å². The van der Waals surface area contributed by atoms with Gasteiger partial charge in [-0.3, -0.25) is 4.79 Å². The zero-order valence-corrected chi connectivity index (χ0v) is 10.9. The molecule has 0 saturated carbocycles. The van der Waals surface area contributed by atoms with Crippen LogP contribution in [-0.2, 0) is 11.2 Å². The second kappa shape index (κ2) is 7.55. The van der Waals surface area contributed by atoms with E-state index in [1.165, 1.54) is 0 Å². The van der Waals surface area contributed by atoms with Crippen molar-refractivity contribution < 1.29 is 14.3 Å². The molecule has 0 fully saturated rings. The maximum Gasteiger partial charge on any atom is 0.224 e. The van der Waals surface area contributed by atoms with Crippen LogP contribution in [0.4, 0.5) is 0 Å². The van der Waals surface area contributed by atoms with E-state index >= 15 is 0 Å². The minimum Gasteiger partial charge on any atom is -0.496 e. The monoisotopic (exact) mass is 252 g/mol. The highest BCUT2D eigenvalue weighted by molar-refractivity contribution is 5.80. The molecule has 5 heteroatoms. The summed E-state index contributed by atoms with van der Waals surface area (Å²) < 4.78 is 10.5. The van der Waals surface area contributed by atoms with Crippen LogP contribution >= 0.6 is 0 Å². The Morgan fingerprint density at radius 3 is 2.39 bits per heavy atom. The molecule has 0 spiro atoms. The SMILES string of the molecule is COc1cccc(OC)c1CC(=O)NCCCN. The highest BCUT2D eigenvalue weighted by Gasteiger charge is 2.13. The topological polar surface area (TPSA) is 73.6 Å². The normalized spacial score (nSPS) is 9.94. The second-order valence-electron chi connectivity index (χ2n) is 3.81. The minimum atomic E-state index is -0.0637. The molecule has 0 saturated heterocycles. The molecule has 0 bridgehead atoms. The molecule has 1 rings (SSSR count). The van der Waals surface area contributed by atoms with Crippen LogP contribution in [0.15, 0.2) is 18.2 Å². The molecule has 100 valence electrons. The van der Waals surface area contributed by atoms with Crippen LogP contribution in [0.25, 0.3) is 0 Å². The van der Waals surface area contributed by atoms with E-state index in [1.807, 2.05) is 18.2 Å². The van der Waals surface area contributed by atoms with Crippen molar-refractivity contribution in [2.24, 2.45) is 5.73 Å². The zero-order valence-electron chi connectivity index (χ0n) is 10.9. The van der Waals surface area contributed by atoms with E-state index in [9.17, 15) is 4.79 Å². The van der Waals surface area contributed by atoms with E-state index in [1.54, 1.807) is 14.2 Å². The Morgan fingerprint density at radius 2 is 1.89 bits per heavy atom. The first-order valence-electron chi connectivity index (χ1n) is 5.89. The number of nitrogens with two attached hydrogens (primary N) is 1. The first kappa shape index (κ1) is 14.3. The fourth-order valence-corrected chi connectivity index (χ4v) is 1.66. The molecule has 1 aromatic rings. The summed E-state index contributed by atoms with van der Waals surface area (Å²) >= 11 is 0. The lowest BCUT2D eigenvalue weighted by Crippen LogP contribution is -2.27. The molecule has 0 atom stereocenters. The number of nitrogens with one attached hydrogen (secondary N) is 1. The number of ether oxygens (including phenoxy) is 2. The van der Waals surface area contributed by atoms with E-state index in [0.717, 1.165) is 12.0 Å². The van der Waals surface area contributed by atoms with Gasteiger partial charge >= 0.3 is 0 Å². The van der Waals surface area contributed by atoms with Gasteiger partial charge in [0, 0.05) is 12.1 Å². The number of benzene rings is 1. The summed E-state index contributed by atoms with van der Waals surface area (Å²) in [5.41, 5.74) is 6.12. The van der Waals surface area contributed by atoms with Crippen molar-refractivity contribution in [3.63, 3.8) is 0 Å². The lowest BCUT2D eigenvalue weighted by atomic mass is 10.1. The maximum absolute atomic E-state index is 11.8. The van der Waals surface area contributed by atoms with E-state index in [0.29, 0.717) is 24.6 Å². The number of carbonyl (C=O) groups excluding carboxylic acids is 1. The third-order valence-electron chi connectivity index (χ3n) is 2.57. The average molecular weight is 252 g/mol. The summed E-state index contributed by atoms with van der Waals surface area (Å²) in [6.07, 6.45) is 1.01. The number of hydrogen-bond donors (Lipinski definition) is 2. The van der Waals surface area contributed by atoms with E-state index in [4.69, 9.17) is 15.2 Å². The Bertz CT molecular complexity index is 372. The Kier molecular flexibility index (Phi) is 6.00. The van der Waals surface area contributed by atoms with E-state index in [2.05, 4.69) is 5.32 Å². The van der Waals surface area contributed by atoms with Gasteiger partial charge in [-0.25, -0.2) is 0 Å². The van der Waals surface area contributed by atoms with Crippen LogP contribution in [-0.4, -0.2) is 33.2 Å². The molecule has 5 nitrogen and oxygen atoms in total. The molecule has 0 aliphatic rings. The number of hydrogen-bond acceptors (Lipinski definition) is 4. The van der Waals surface area contributed by atoms with Gasteiger partial charge in [-0.15, -0.1) is 0 Å². The number of rotatable bonds is 7. The van der Waals surface area contributed by atoms with Gasteiger partial charge in [0.15, 0.2) is 0 Å². The highest BCUT2D eigenvalue weighted by Crippen LogP contribution is 2.28. The molecule has 0 unspecified atom stereocenters. The molecule has 1 aromatic carbocycles. The van der Waals surface area contributed by atoms with Crippen molar-refractivity contribution >= 4 is 5.91 Å². The Balaban J connectivity index is 2.72. The average Bonchev–Trinajstić information content (AvgIpc) is 2.39. The molecule has 0 radical (unpaired) electrons. The van der Waals surface area contributed by atoms with Crippen LogP contribution in [0, 0.1) is 0 Å². The lowest BCUT2D eigenvalue weighted by molar-refractivity contribution is -0.120. The van der Waals surface area contributed by atoms with Gasteiger partial charge in [0.2, 0.25) is 5.91 Å². The quantitative estimate of drug-likeness (QED) is 0.701. The van der Waals surface area contributed by atoms with Crippen molar-refractivity contribution in [1.29, 1.82) is 0 Å². The summed E-state index contributed by atoms with van der Waals surface area (Å²) in [5, 5.41) is 2.80. The molecule has 0 aliphatic heterocycles. The summed E-state index contributed by atoms with van der Waals surface area (Å²) in [7, 11) is 3.15. The van der Waals surface area contributed by atoms with Crippen LogP contribution in [0.3, 0.4) is 0 Å². The van der Waals surface area contributed by atoms with E-state index < -0.39 is 0 Å². The van der Waals surface area contributed by atoms with Gasteiger partial charge in [0.1, 0.15) is 11.5 Å². The molecule has 18 heavy (non-hydrogen) atoms. The van der Waals surface area contributed by atoms with Gasteiger partial charge in [-0.05, 0) is 25.1 Å². The zero-order chi connectivity index (χ0) is 13.4. The number of amides is 1. The highest BCUT2D eigenvalue weighted by atomic mass is 16.5. The van der Waals surface area contributed by atoms with E-state index in [-0.39, 0.29) is 12.3 Å². The molecular formula is C13H20N2O3. The van der Waals surface area contributed by atoms with Gasteiger partial charge in [-0.1, -0.05) is 6.07 Å². The molecule has 0 heterocycles. The van der Waals surface area contributed by atoms with Crippen LogP contribution in [0.2, 0.25) is 0 Å². The van der Waals surface area contributed by atoms with Gasteiger partial charge in [-0.2, -0.15) is 0 Å². The maximum atomic E-state index is 11.8. The number of methoxy groups -OCH3 is 2. The van der Waals surface area contributed by atoms with Crippen molar-refractivity contribution in [3.05, 3.63) is 23.8 Å². The molecular weight excluding hydrogens is 232 g/mol. The molecule has 0 aromatic heterocycles. The molecule has 1 amide bonds. The largest absolute Gasteiger partial charge is 0.496 e. The fourth-order valence-electron chi connectivity index (χ4n) is 1.66. The smallest absolute Gasteiger partial charge is 0.224 e. The van der Waals surface area contributed by atoms with Crippen LogP contribution in [0.1, 0.15) is 12.0 Å². The Hall–Kier alpha value is -1.75. The van der Waals surface area contributed by atoms with Crippen molar-refractivity contribution in [2.75, 3.05) is 27.3 Å². The second-order valence-corrected chi connectivity index (χ2v) is 3.81. The Morgan fingerprint density at radius 1 is 1.28 bits per heavy atom. The van der Waals surface area contributed by atoms with Gasteiger partial charge < -0.3 is 20.5 Å². The predicted molar refractivity (Wildman–Crippen MR) is 69.9 cm³/mol. The van der Waals surface area contributed by atoms with Crippen molar-refractivity contribution in [1.82, 2.24) is 5.32 Å². The van der Waals surface area contributed by atoms with Crippen LogP contribution in [0.5, 0.6) is 11.5 Å². The van der Waals surface area contributed by atoms with Crippen molar-refractivity contribution in [3.8, 4) is 11.5 Å². The minimum absolute atomic E-state index is 0.0637. The summed E-state index contributed by atoms with van der Waals surface area (Å²) in [6, 6.07) is 5.45. The fraction of sp³-hybridized carbons (Fsp3) is 0.462. The third kappa shape index (κ3) is 3.92. The first-order valence-corrected chi connectivity index (χ1v) is 5.89. The standard InChI is InChI=1S/C13H20N2O3/c1-17-11-5-3-6-12(18-2)10(11)9-13(16)15-8-4-7-14/h3,5-6H,4,7-9,14H2,1-2H3,(H,15,16). The van der Waals surface area contributed by atoms with Gasteiger partial charge in [0.25, 0.3) is 0 Å². The predicted octanol–water partition coefficient (Wildman–Crippen LogP) is 0.711. The summed E-state index contributed by atoms with van der Waals surface area (Å²) in [6.45, 7) is 1.16.